The van der Waals surface area contributed by atoms with Gasteiger partial charge in [0.2, 0.25) is 0 Å². The van der Waals surface area contributed by atoms with Gasteiger partial charge in [0.25, 0.3) is 0 Å². The number of carbonyl (C=O) groups is 1. The summed E-state index contributed by atoms with van der Waals surface area (Å²) in [6.07, 6.45) is 3.71. The van der Waals surface area contributed by atoms with E-state index in [1.165, 1.54) is 0 Å². The molecule has 1 aliphatic rings. The zero-order chi connectivity index (χ0) is 16.3. The normalized spacial score (nSPS) is 22.3. The van der Waals surface area contributed by atoms with Gasteiger partial charge in [0.05, 0.1) is 14.2 Å². The van der Waals surface area contributed by atoms with Crippen LogP contribution in [0.1, 0.15) is 25.3 Å². The van der Waals surface area contributed by atoms with E-state index in [1.807, 2.05) is 38.4 Å². The third-order valence-corrected chi connectivity index (χ3v) is 4.20. The van der Waals surface area contributed by atoms with E-state index in [0.29, 0.717) is 11.5 Å². The second kappa shape index (κ2) is 7.84. The predicted molar refractivity (Wildman–Crippen MR) is 95.7 cm³/mol. The first-order valence-electron chi connectivity index (χ1n) is 7.52. The monoisotopic (exact) mass is 339 g/mol. The lowest BCUT2D eigenvalue weighted by atomic mass is 9.86. The Morgan fingerprint density at radius 2 is 1.87 bits per heavy atom. The van der Waals surface area contributed by atoms with Crippen molar-refractivity contribution in [2.24, 2.45) is 5.41 Å². The van der Waals surface area contributed by atoms with E-state index in [1.54, 1.807) is 14.2 Å². The Morgan fingerprint density at radius 1 is 1.22 bits per heavy atom. The zero-order valence-corrected chi connectivity index (χ0v) is 15.3. The summed E-state index contributed by atoms with van der Waals surface area (Å²) in [7, 11) is 7.25. The second-order valence-electron chi connectivity index (χ2n) is 6.41. The largest absolute Gasteiger partial charge is 0.493 e. The molecule has 0 heterocycles. The lowest BCUT2D eigenvalue weighted by molar-refractivity contribution is -0.122. The van der Waals surface area contributed by atoms with Crippen molar-refractivity contribution in [1.82, 2.24) is 4.90 Å². The quantitative estimate of drug-likeness (QED) is 0.770. The number of hydrogen-bond acceptors (Lipinski definition) is 4. The molecule has 0 bridgehead atoms. The van der Waals surface area contributed by atoms with Crippen molar-refractivity contribution in [3.63, 3.8) is 0 Å². The fraction of sp³-hybridized carbons (Fsp3) is 0.500. The number of Topliss-reactive ketones (excluding diaryl/α,β-unsaturated/α-hetero) is 1. The fourth-order valence-corrected chi connectivity index (χ4v) is 3.16. The van der Waals surface area contributed by atoms with Gasteiger partial charge in [-0.15, -0.1) is 12.4 Å². The molecule has 1 fully saturated rings. The van der Waals surface area contributed by atoms with Crippen LogP contribution in [0.4, 0.5) is 0 Å². The van der Waals surface area contributed by atoms with Crippen LogP contribution < -0.4 is 9.47 Å². The van der Waals surface area contributed by atoms with Crippen molar-refractivity contribution in [1.29, 1.82) is 0 Å². The van der Waals surface area contributed by atoms with E-state index in [2.05, 4.69) is 11.8 Å². The first-order chi connectivity index (χ1) is 10.4. The Labute approximate surface area is 144 Å². The van der Waals surface area contributed by atoms with Crippen molar-refractivity contribution in [3.05, 3.63) is 29.3 Å². The van der Waals surface area contributed by atoms with Gasteiger partial charge in [0, 0.05) is 12.0 Å². The molecule has 1 atom stereocenters. The van der Waals surface area contributed by atoms with Gasteiger partial charge in [-0.25, -0.2) is 0 Å². The lowest BCUT2D eigenvalue weighted by Crippen LogP contribution is -2.34. The zero-order valence-electron chi connectivity index (χ0n) is 14.5. The van der Waals surface area contributed by atoms with Crippen molar-refractivity contribution in [2.45, 2.75) is 19.8 Å². The van der Waals surface area contributed by atoms with Gasteiger partial charge in [0.1, 0.15) is 0 Å². The molecule has 128 valence electrons. The average molecular weight is 340 g/mol. The summed E-state index contributed by atoms with van der Waals surface area (Å²) in [5.41, 5.74) is 1.60. The third-order valence-electron chi connectivity index (χ3n) is 4.20. The first kappa shape index (κ1) is 19.5. The standard InChI is InChI=1S/C18H25NO3.ClH/c1-18(12-19(2)3)9-8-14(17(18)20)10-13-6-7-15(21-4)16(11-13)22-5;/h6-7,10-11H,8-9,12H2,1-5H3;1H. The van der Waals surface area contributed by atoms with E-state index >= 15 is 0 Å². The van der Waals surface area contributed by atoms with E-state index in [4.69, 9.17) is 9.47 Å². The van der Waals surface area contributed by atoms with E-state index in [-0.39, 0.29) is 23.6 Å². The first-order valence-corrected chi connectivity index (χ1v) is 7.52. The number of ketones is 1. The molecule has 5 heteroatoms. The Balaban J connectivity index is 0.00000264. The lowest BCUT2D eigenvalue weighted by Gasteiger charge is -2.25. The number of halogens is 1. The summed E-state index contributed by atoms with van der Waals surface area (Å²) in [6, 6.07) is 5.72. The van der Waals surface area contributed by atoms with Gasteiger partial charge >= 0.3 is 0 Å². The molecule has 4 nitrogen and oxygen atoms in total. The molecule has 0 saturated heterocycles. The number of benzene rings is 1. The minimum Gasteiger partial charge on any atom is -0.493 e. The van der Waals surface area contributed by atoms with E-state index in [0.717, 1.165) is 30.5 Å². The molecule has 1 saturated carbocycles. The minimum absolute atomic E-state index is 0. The molecule has 1 aromatic rings. The average Bonchev–Trinajstić information content (AvgIpc) is 2.74. The van der Waals surface area contributed by atoms with Crippen LogP contribution in [0.3, 0.4) is 0 Å². The molecule has 1 aromatic carbocycles. The smallest absolute Gasteiger partial charge is 0.166 e. The number of allylic oxidation sites excluding steroid dienone is 1. The second-order valence-corrected chi connectivity index (χ2v) is 6.41. The Morgan fingerprint density at radius 3 is 2.43 bits per heavy atom. The van der Waals surface area contributed by atoms with Crippen molar-refractivity contribution in [2.75, 3.05) is 34.9 Å². The van der Waals surface area contributed by atoms with Crippen LogP contribution in [0.5, 0.6) is 11.5 Å². The van der Waals surface area contributed by atoms with Crippen molar-refractivity contribution in [3.8, 4) is 11.5 Å². The third kappa shape index (κ3) is 4.27. The fourth-order valence-electron chi connectivity index (χ4n) is 3.16. The van der Waals surface area contributed by atoms with Crippen LogP contribution in [-0.4, -0.2) is 45.5 Å². The number of rotatable bonds is 5. The number of hydrogen-bond donors (Lipinski definition) is 0. The molecule has 1 aliphatic carbocycles. The van der Waals surface area contributed by atoms with Crippen molar-refractivity contribution >= 4 is 24.3 Å². The maximum Gasteiger partial charge on any atom is 0.166 e. The molecule has 0 aromatic heterocycles. The molecule has 0 radical (unpaired) electrons. The number of ether oxygens (including phenoxy) is 2. The molecule has 0 aliphatic heterocycles. The molecular formula is C18H26ClNO3. The maximum absolute atomic E-state index is 12.7. The maximum atomic E-state index is 12.7. The van der Waals surface area contributed by atoms with Gasteiger partial charge in [0.15, 0.2) is 17.3 Å². The highest BCUT2D eigenvalue weighted by molar-refractivity contribution is 6.05. The number of methoxy groups -OCH3 is 2. The molecule has 23 heavy (non-hydrogen) atoms. The summed E-state index contributed by atoms with van der Waals surface area (Å²) >= 11 is 0. The molecular weight excluding hydrogens is 314 g/mol. The van der Waals surface area contributed by atoms with Crippen LogP contribution in [0.15, 0.2) is 23.8 Å². The predicted octanol–water partition coefficient (Wildman–Crippen LogP) is 3.44. The van der Waals surface area contributed by atoms with Crippen LogP contribution in [0.2, 0.25) is 0 Å². The van der Waals surface area contributed by atoms with Gasteiger partial charge in [-0.2, -0.15) is 0 Å². The Bertz CT molecular complexity index is 598. The Kier molecular flexibility index (Phi) is 6.66. The highest BCUT2D eigenvalue weighted by Gasteiger charge is 2.40. The van der Waals surface area contributed by atoms with E-state index < -0.39 is 0 Å². The van der Waals surface area contributed by atoms with E-state index in [9.17, 15) is 4.79 Å². The summed E-state index contributed by atoms with van der Waals surface area (Å²) in [5.74, 6) is 1.63. The number of carbonyl (C=O) groups excluding carboxylic acids is 1. The summed E-state index contributed by atoms with van der Waals surface area (Å²) in [5, 5.41) is 0. The van der Waals surface area contributed by atoms with Crippen LogP contribution in [0, 0.1) is 5.41 Å². The molecule has 2 rings (SSSR count). The van der Waals surface area contributed by atoms with Gasteiger partial charge in [-0.05, 0) is 56.3 Å². The topological polar surface area (TPSA) is 38.8 Å². The molecule has 0 spiro atoms. The minimum atomic E-state index is -0.272. The van der Waals surface area contributed by atoms with Gasteiger partial charge < -0.3 is 14.4 Å². The SMILES string of the molecule is COc1ccc(C=C2CCC(C)(CN(C)C)C2=O)cc1OC.Cl. The highest BCUT2D eigenvalue weighted by atomic mass is 35.5. The van der Waals surface area contributed by atoms with Crippen LogP contribution >= 0.6 is 12.4 Å². The summed E-state index contributed by atoms with van der Waals surface area (Å²) in [6.45, 7) is 2.85. The molecule has 1 unspecified atom stereocenters. The summed E-state index contributed by atoms with van der Waals surface area (Å²) < 4.78 is 10.6. The van der Waals surface area contributed by atoms with Gasteiger partial charge in [-0.3, -0.25) is 4.79 Å². The highest BCUT2D eigenvalue weighted by Crippen LogP contribution is 2.39. The van der Waals surface area contributed by atoms with Crippen LogP contribution in [-0.2, 0) is 4.79 Å². The van der Waals surface area contributed by atoms with Gasteiger partial charge in [-0.1, -0.05) is 13.0 Å². The Hall–Kier alpha value is -1.52. The van der Waals surface area contributed by atoms with Crippen LogP contribution in [0.25, 0.3) is 6.08 Å². The molecule has 0 amide bonds. The summed E-state index contributed by atoms with van der Waals surface area (Å²) in [4.78, 5) is 14.8. The van der Waals surface area contributed by atoms with Crippen molar-refractivity contribution < 1.29 is 14.3 Å². The molecule has 0 N–H and O–H groups in total. The number of nitrogens with zero attached hydrogens (tertiary/aromatic N) is 1.